The Hall–Kier alpha value is -2.37. The largest absolute Gasteiger partial charge is 0.447 e. The lowest BCUT2D eigenvalue weighted by molar-refractivity contribution is 0.0944. The van der Waals surface area contributed by atoms with Gasteiger partial charge in [0.1, 0.15) is 11.6 Å². The predicted octanol–water partition coefficient (Wildman–Crippen LogP) is 3.65. The van der Waals surface area contributed by atoms with Crippen LogP contribution in [-0.2, 0) is 6.54 Å². The molecule has 0 spiro atoms. The molecule has 6 heteroatoms. The van der Waals surface area contributed by atoms with E-state index in [4.69, 9.17) is 4.42 Å². The number of carbonyl (C=O) groups excluding carboxylic acids is 1. The zero-order valence-electron chi connectivity index (χ0n) is 15.1. The molecular formula is C20H26N4O2. The van der Waals surface area contributed by atoms with Crippen molar-refractivity contribution < 1.29 is 9.21 Å². The molecule has 2 aromatic rings. The van der Waals surface area contributed by atoms with E-state index >= 15 is 0 Å². The number of pyridine rings is 1. The number of carbonyl (C=O) groups is 1. The van der Waals surface area contributed by atoms with Crippen molar-refractivity contribution in [1.82, 2.24) is 15.3 Å². The topological polar surface area (TPSA) is 71.3 Å². The van der Waals surface area contributed by atoms with E-state index in [1.165, 1.54) is 38.5 Å². The predicted molar refractivity (Wildman–Crippen MR) is 99.2 cm³/mol. The van der Waals surface area contributed by atoms with E-state index < -0.39 is 0 Å². The molecule has 1 aliphatic heterocycles. The number of anilines is 1. The Labute approximate surface area is 154 Å². The van der Waals surface area contributed by atoms with Gasteiger partial charge in [-0.3, -0.25) is 4.79 Å². The first-order valence-corrected chi connectivity index (χ1v) is 9.73. The normalized spacial score (nSPS) is 18.2. The summed E-state index contributed by atoms with van der Waals surface area (Å²) in [5.74, 6) is 1.94. The van der Waals surface area contributed by atoms with Gasteiger partial charge in [0.05, 0.1) is 0 Å². The number of oxazole rings is 1. The molecular weight excluding hydrogens is 328 g/mol. The summed E-state index contributed by atoms with van der Waals surface area (Å²) in [6.45, 7) is 2.52. The Kier molecular flexibility index (Phi) is 5.18. The van der Waals surface area contributed by atoms with Gasteiger partial charge in [-0.25, -0.2) is 9.97 Å². The molecule has 6 nitrogen and oxygen atoms in total. The first-order valence-electron chi connectivity index (χ1n) is 9.73. The van der Waals surface area contributed by atoms with Crippen LogP contribution in [0.3, 0.4) is 0 Å². The van der Waals surface area contributed by atoms with Gasteiger partial charge in [-0.1, -0.05) is 25.3 Å². The first kappa shape index (κ1) is 17.1. The number of nitrogens with one attached hydrogen (secondary N) is 1. The summed E-state index contributed by atoms with van der Waals surface area (Å²) in [5, 5.41) is 3.00. The maximum atomic E-state index is 12.6. The quantitative estimate of drug-likeness (QED) is 0.887. The molecule has 26 heavy (non-hydrogen) atoms. The molecule has 0 aromatic carbocycles. The van der Waals surface area contributed by atoms with Crippen molar-refractivity contribution in [3.63, 3.8) is 0 Å². The molecule has 2 fully saturated rings. The molecule has 138 valence electrons. The van der Waals surface area contributed by atoms with Crippen molar-refractivity contribution in [3.05, 3.63) is 41.7 Å². The van der Waals surface area contributed by atoms with Gasteiger partial charge >= 0.3 is 0 Å². The Morgan fingerprint density at radius 3 is 2.69 bits per heavy atom. The fraction of sp³-hybridized carbons (Fsp3) is 0.550. The van der Waals surface area contributed by atoms with E-state index in [0.29, 0.717) is 18.2 Å². The van der Waals surface area contributed by atoms with Gasteiger partial charge in [-0.15, -0.1) is 0 Å². The highest BCUT2D eigenvalue weighted by Crippen LogP contribution is 2.41. The Morgan fingerprint density at radius 2 is 1.92 bits per heavy atom. The number of aromatic nitrogens is 2. The van der Waals surface area contributed by atoms with E-state index in [9.17, 15) is 4.79 Å². The molecule has 1 saturated carbocycles. The van der Waals surface area contributed by atoms with Crippen molar-refractivity contribution in [1.29, 1.82) is 0 Å². The Morgan fingerprint density at radius 1 is 1.15 bits per heavy atom. The summed E-state index contributed by atoms with van der Waals surface area (Å²) in [6, 6.07) is 3.98. The van der Waals surface area contributed by atoms with Gasteiger partial charge in [0.25, 0.3) is 5.91 Å². The smallest absolute Gasteiger partial charge is 0.273 e. The molecule has 3 heterocycles. The van der Waals surface area contributed by atoms with Crippen LogP contribution >= 0.6 is 0 Å². The molecule has 1 saturated heterocycles. The zero-order valence-corrected chi connectivity index (χ0v) is 15.1. The van der Waals surface area contributed by atoms with Crippen molar-refractivity contribution in [3.8, 4) is 0 Å². The van der Waals surface area contributed by atoms with Gasteiger partial charge in [0, 0.05) is 37.3 Å². The highest BCUT2D eigenvalue weighted by molar-refractivity contribution is 5.93. The lowest BCUT2D eigenvalue weighted by Crippen LogP contribution is -2.30. The zero-order chi connectivity index (χ0) is 17.8. The third kappa shape index (κ3) is 3.89. The fourth-order valence-corrected chi connectivity index (χ4v) is 3.63. The van der Waals surface area contributed by atoms with Crippen LogP contribution in [0.4, 0.5) is 5.82 Å². The fourth-order valence-electron chi connectivity index (χ4n) is 3.63. The van der Waals surface area contributed by atoms with Crippen molar-refractivity contribution in [2.75, 3.05) is 18.0 Å². The number of hydrogen-bond acceptors (Lipinski definition) is 5. The minimum absolute atomic E-state index is 0.164. The lowest BCUT2D eigenvalue weighted by Gasteiger charge is -2.27. The van der Waals surface area contributed by atoms with E-state index in [1.54, 1.807) is 0 Å². The number of nitrogens with zero attached hydrogens (tertiary/aromatic N) is 3. The average molecular weight is 354 g/mol. The minimum atomic E-state index is -0.164. The summed E-state index contributed by atoms with van der Waals surface area (Å²) in [4.78, 5) is 23.7. The van der Waals surface area contributed by atoms with Crippen molar-refractivity contribution >= 4 is 11.7 Å². The van der Waals surface area contributed by atoms with E-state index in [0.717, 1.165) is 43.1 Å². The van der Waals surface area contributed by atoms with Crippen LogP contribution in [0.15, 0.2) is 29.1 Å². The summed E-state index contributed by atoms with van der Waals surface area (Å²) >= 11 is 0. The van der Waals surface area contributed by atoms with E-state index in [-0.39, 0.29) is 5.91 Å². The standard InChI is InChI=1S/C20H26N4O2/c25-20(17-18(15-8-9-15)26-14-23-17)22-13-16-7-6-10-21-19(16)24-11-4-2-1-3-5-12-24/h6-7,10,14-15H,1-5,8-9,11-13H2,(H,22,25). The number of hydrogen-bond donors (Lipinski definition) is 1. The molecule has 4 rings (SSSR count). The Balaban J connectivity index is 1.44. The highest BCUT2D eigenvalue weighted by Gasteiger charge is 2.32. The van der Waals surface area contributed by atoms with Crippen molar-refractivity contribution in [2.45, 2.75) is 57.4 Å². The molecule has 0 bridgehead atoms. The number of rotatable bonds is 5. The number of amides is 1. The third-order valence-corrected chi connectivity index (χ3v) is 5.22. The van der Waals surface area contributed by atoms with Crippen LogP contribution < -0.4 is 10.2 Å². The van der Waals surface area contributed by atoms with Gasteiger partial charge in [0.2, 0.25) is 0 Å². The summed E-state index contributed by atoms with van der Waals surface area (Å²) in [6.07, 6.45) is 11.7. The maximum Gasteiger partial charge on any atom is 0.273 e. The van der Waals surface area contributed by atoms with Crippen LogP contribution in [0.1, 0.15) is 72.7 Å². The van der Waals surface area contributed by atoms with Crippen LogP contribution in [0.5, 0.6) is 0 Å². The van der Waals surface area contributed by atoms with E-state index in [1.807, 2.05) is 18.3 Å². The van der Waals surface area contributed by atoms with Crippen LogP contribution in [0, 0.1) is 0 Å². The van der Waals surface area contributed by atoms with Crippen LogP contribution in [0.25, 0.3) is 0 Å². The van der Waals surface area contributed by atoms with Crippen LogP contribution in [0.2, 0.25) is 0 Å². The van der Waals surface area contributed by atoms with E-state index in [2.05, 4.69) is 20.2 Å². The molecule has 0 unspecified atom stereocenters. The molecule has 1 aliphatic carbocycles. The van der Waals surface area contributed by atoms with Gasteiger partial charge < -0.3 is 14.6 Å². The van der Waals surface area contributed by atoms with Crippen LogP contribution in [-0.4, -0.2) is 29.0 Å². The first-order chi connectivity index (χ1) is 12.8. The third-order valence-electron chi connectivity index (χ3n) is 5.22. The van der Waals surface area contributed by atoms with Gasteiger partial charge in [-0.05, 0) is 31.7 Å². The second-order valence-corrected chi connectivity index (χ2v) is 7.26. The summed E-state index contributed by atoms with van der Waals surface area (Å²) < 4.78 is 5.41. The monoisotopic (exact) mass is 354 g/mol. The van der Waals surface area contributed by atoms with Gasteiger partial charge in [-0.2, -0.15) is 0 Å². The molecule has 1 N–H and O–H groups in total. The SMILES string of the molecule is O=C(NCc1cccnc1N1CCCCCCC1)c1ncoc1C1CC1. The highest BCUT2D eigenvalue weighted by atomic mass is 16.3. The molecule has 2 aromatic heterocycles. The molecule has 0 atom stereocenters. The minimum Gasteiger partial charge on any atom is -0.447 e. The summed E-state index contributed by atoms with van der Waals surface area (Å²) in [5.41, 5.74) is 1.49. The molecule has 2 aliphatic rings. The second-order valence-electron chi connectivity index (χ2n) is 7.26. The Bertz CT molecular complexity index is 746. The lowest BCUT2D eigenvalue weighted by atomic mass is 10.1. The molecule has 1 amide bonds. The van der Waals surface area contributed by atoms with Crippen molar-refractivity contribution in [2.24, 2.45) is 0 Å². The maximum absolute atomic E-state index is 12.6. The second kappa shape index (κ2) is 7.89. The average Bonchev–Trinajstić information content (AvgIpc) is 3.36. The molecule has 0 radical (unpaired) electrons. The van der Waals surface area contributed by atoms with Gasteiger partial charge in [0.15, 0.2) is 12.1 Å². The summed E-state index contributed by atoms with van der Waals surface area (Å²) in [7, 11) is 0.